The van der Waals surface area contributed by atoms with Gasteiger partial charge in [-0.1, -0.05) is 27.2 Å². The molecule has 0 aromatic carbocycles. The second-order valence-electron chi connectivity index (χ2n) is 5.62. The van der Waals surface area contributed by atoms with Gasteiger partial charge >= 0.3 is 5.97 Å². The van der Waals surface area contributed by atoms with Crippen LogP contribution in [0, 0.1) is 17.8 Å². The Kier molecular flexibility index (Phi) is 5.96. The molecule has 3 heteroatoms. The largest absolute Gasteiger partial charge is 0.481 e. The SMILES string of the molecule is CCC1CCC(C(=O)O)C(OCCC(C)C)C1. The summed E-state index contributed by atoms with van der Waals surface area (Å²) in [5.74, 6) is 0.289. The third-order valence-electron chi connectivity index (χ3n) is 3.82. The first-order valence-corrected chi connectivity index (χ1v) is 6.89. The summed E-state index contributed by atoms with van der Waals surface area (Å²) in [6, 6.07) is 0. The van der Waals surface area contributed by atoms with Gasteiger partial charge in [0.05, 0.1) is 12.0 Å². The van der Waals surface area contributed by atoms with Crippen molar-refractivity contribution in [1.82, 2.24) is 0 Å². The predicted octanol–water partition coefficient (Wildman–Crippen LogP) is 3.33. The van der Waals surface area contributed by atoms with Crippen LogP contribution in [-0.2, 0) is 9.53 Å². The average Bonchev–Trinajstić information content (AvgIpc) is 2.28. The van der Waals surface area contributed by atoms with Crippen LogP contribution < -0.4 is 0 Å². The first-order chi connectivity index (χ1) is 8.04. The molecule has 0 heterocycles. The molecule has 3 unspecified atom stereocenters. The third-order valence-corrected chi connectivity index (χ3v) is 3.82. The monoisotopic (exact) mass is 242 g/mol. The van der Waals surface area contributed by atoms with Crippen LogP contribution in [0.15, 0.2) is 0 Å². The van der Waals surface area contributed by atoms with Gasteiger partial charge in [0.2, 0.25) is 0 Å². The molecule has 0 amide bonds. The number of rotatable bonds is 6. The van der Waals surface area contributed by atoms with E-state index >= 15 is 0 Å². The van der Waals surface area contributed by atoms with Crippen LogP contribution in [0.3, 0.4) is 0 Å². The van der Waals surface area contributed by atoms with Crippen molar-refractivity contribution < 1.29 is 14.6 Å². The van der Waals surface area contributed by atoms with Crippen molar-refractivity contribution >= 4 is 5.97 Å². The van der Waals surface area contributed by atoms with Gasteiger partial charge in [-0.05, 0) is 37.5 Å². The Morgan fingerprint density at radius 2 is 2.12 bits per heavy atom. The number of aliphatic carboxylic acids is 1. The molecule has 0 aromatic heterocycles. The molecular weight excluding hydrogens is 216 g/mol. The highest BCUT2D eigenvalue weighted by Gasteiger charge is 2.35. The van der Waals surface area contributed by atoms with Gasteiger partial charge in [-0.25, -0.2) is 0 Å². The quantitative estimate of drug-likeness (QED) is 0.777. The lowest BCUT2D eigenvalue weighted by atomic mass is 9.78. The molecule has 0 radical (unpaired) electrons. The van der Waals surface area contributed by atoms with E-state index in [9.17, 15) is 9.90 Å². The Bertz CT molecular complexity index is 238. The maximum absolute atomic E-state index is 11.2. The molecule has 0 aliphatic heterocycles. The molecule has 1 aliphatic carbocycles. The molecule has 17 heavy (non-hydrogen) atoms. The second kappa shape index (κ2) is 7.00. The van der Waals surface area contributed by atoms with Gasteiger partial charge in [-0.3, -0.25) is 4.79 Å². The molecule has 1 fully saturated rings. The number of carbonyl (C=O) groups is 1. The van der Waals surface area contributed by atoms with Gasteiger partial charge in [0, 0.05) is 6.61 Å². The fraction of sp³-hybridized carbons (Fsp3) is 0.929. The van der Waals surface area contributed by atoms with Crippen LogP contribution in [0.2, 0.25) is 0 Å². The summed E-state index contributed by atoms with van der Waals surface area (Å²) in [6.45, 7) is 7.20. The Balaban J connectivity index is 2.46. The van der Waals surface area contributed by atoms with Gasteiger partial charge < -0.3 is 9.84 Å². The molecule has 3 atom stereocenters. The summed E-state index contributed by atoms with van der Waals surface area (Å²) < 4.78 is 5.82. The molecule has 0 saturated heterocycles. The van der Waals surface area contributed by atoms with E-state index in [0.717, 1.165) is 32.1 Å². The summed E-state index contributed by atoms with van der Waals surface area (Å²) >= 11 is 0. The molecule has 0 spiro atoms. The number of carboxylic acids is 1. The fourth-order valence-corrected chi connectivity index (χ4v) is 2.50. The highest BCUT2D eigenvalue weighted by atomic mass is 16.5. The molecule has 1 N–H and O–H groups in total. The van der Waals surface area contributed by atoms with Crippen LogP contribution in [-0.4, -0.2) is 23.8 Å². The summed E-state index contributed by atoms with van der Waals surface area (Å²) in [5, 5.41) is 9.20. The van der Waals surface area contributed by atoms with E-state index in [-0.39, 0.29) is 12.0 Å². The number of ether oxygens (including phenoxy) is 1. The van der Waals surface area contributed by atoms with E-state index in [2.05, 4.69) is 20.8 Å². The van der Waals surface area contributed by atoms with Gasteiger partial charge in [0.1, 0.15) is 0 Å². The van der Waals surface area contributed by atoms with Crippen molar-refractivity contribution in [2.75, 3.05) is 6.61 Å². The first kappa shape index (κ1) is 14.5. The minimum Gasteiger partial charge on any atom is -0.481 e. The zero-order valence-electron chi connectivity index (χ0n) is 11.3. The smallest absolute Gasteiger partial charge is 0.309 e. The second-order valence-corrected chi connectivity index (χ2v) is 5.62. The van der Waals surface area contributed by atoms with Crippen molar-refractivity contribution in [3.8, 4) is 0 Å². The fourth-order valence-electron chi connectivity index (χ4n) is 2.50. The van der Waals surface area contributed by atoms with Crippen molar-refractivity contribution in [2.24, 2.45) is 17.8 Å². The zero-order valence-corrected chi connectivity index (χ0v) is 11.3. The summed E-state index contributed by atoms with van der Waals surface area (Å²) in [6.07, 6.45) is 4.82. The van der Waals surface area contributed by atoms with Crippen LogP contribution >= 0.6 is 0 Å². The van der Waals surface area contributed by atoms with E-state index in [4.69, 9.17) is 4.74 Å². The first-order valence-electron chi connectivity index (χ1n) is 6.89. The molecule has 100 valence electrons. The number of hydrogen-bond donors (Lipinski definition) is 1. The summed E-state index contributed by atoms with van der Waals surface area (Å²) in [5.41, 5.74) is 0. The highest BCUT2D eigenvalue weighted by molar-refractivity contribution is 5.70. The number of carboxylic acid groups (broad SMARTS) is 1. The standard InChI is InChI=1S/C14H26O3/c1-4-11-5-6-12(14(15)16)13(9-11)17-8-7-10(2)3/h10-13H,4-9H2,1-3H3,(H,15,16). The van der Waals surface area contributed by atoms with Crippen molar-refractivity contribution in [3.05, 3.63) is 0 Å². The van der Waals surface area contributed by atoms with Crippen LogP contribution in [0.4, 0.5) is 0 Å². The van der Waals surface area contributed by atoms with E-state index in [1.54, 1.807) is 0 Å². The Labute approximate surface area is 105 Å². The van der Waals surface area contributed by atoms with Gasteiger partial charge in [0.15, 0.2) is 0 Å². The minimum absolute atomic E-state index is 0.0649. The average molecular weight is 242 g/mol. The molecule has 1 saturated carbocycles. The number of hydrogen-bond acceptors (Lipinski definition) is 2. The molecular formula is C14H26O3. The lowest BCUT2D eigenvalue weighted by Gasteiger charge is -2.33. The van der Waals surface area contributed by atoms with E-state index in [1.807, 2.05) is 0 Å². The van der Waals surface area contributed by atoms with Crippen molar-refractivity contribution in [1.29, 1.82) is 0 Å². The molecule has 3 nitrogen and oxygen atoms in total. The maximum Gasteiger partial charge on any atom is 0.309 e. The van der Waals surface area contributed by atoms with Gasteiger partial charge in [-0.2, -0.15) is 0 Å². The van der Waals surface area contributed by atoms with Gasteiger partial charge in [-0.15, -0.1) is 0 Å². The van der Waals surface area contributed by atoms with Crippen LogP contribution in [0.25, 0.3) is 0 Å². The molecule has 1 rings (SSSR count). The lowest BCUT2D eigenvalue weighted by molar-refractivity contribution is -0.151. The van der Waals surface area contributed by atoms with E-state index in [0.29, 0.717) is 18.4 Å². The topological polar surface area (TPSA) is 46.5 Å². The van der Waals surface area contributed by atoms with E-state index in [1.165, 1.54) is 0 Å². The lowest BCUT2D eigenvalue weighted by Crippen LogP contribution is -2.37. The Hall–Kier alpha value is -0.570. The van der Waals surface area contributed by atoms with Crippen molar-refractivity contribution in [3.63, 3.8) is 0 Å². The highest BCUT2D eigenvalue weighted by Crippen LogP contribution is 2.33. The summed E-state index contributed by atoms with van der Waals surface area (Å²) in [7, 11) is 0. The predicted molar refractivity (Wildman–Crippen MR) is 68.0 cm³/mol. The normalized spacial score (nSPS) is 29.5. The zero-order chi connectivity index (χ0) is 12.8. The van der Waals surface area contributed by atoms with Gasteiger partial charge in [0.25, 0.3) is 0 Å². The maximum atomic E-state index is 11.2. The molecule has 1 aliphatic rings. The molecule has 0 aromatic rings. The Morgan fingerprint density at radius 1 is 1.41 bits per heavy atom. The Morgan fingerprint density at radius 3 is 2.65 bits per heavy atom. The third kappa shape index (κ3) is 4.66. The minimum atomic E-state index is -0.686. The van der Waals surface area contributed by atoms with Crippen LogP contribution in [0.5, 0.6) is 0 Å². The van der Waals surface area contributed by atoms with Crippen molar-refractivity contribution in [2.45, 2.75) is 59.0 Å². The summed E-state index contributed by atoms with van der Waals surface area (Å²) in [4.78, 5) is 11.2. The molecule has 0 bridgehead atoms. The van der Waals surface area contributed by atoms with E-state index < -0.39 is 5.97 Å². The van der Waals surface area contributed by atoms with Crippen LogP contribution in [0.1, 0.15) is 52.9 Å².